The van der Waals surface area contributed by atoms with Crippen molar-refractivity contribution in [3.63, 3.8) is 0 Å². The van der Waals surface area contributed by atoms with Gasteiger partial charge in [-0.3, -0.25) is 9.79 Å². The summed E-state index contributed by atoms with van der Waals surface area (Å²) >= 11 is 0. The molecule has 1 fully saturated rings. The van der Waals surface area contributed by atoms with E-state index in [2.05, 4.69) is 27.9 Å². The highest BCUT2D eigenvalue weighted by atomic mass is 127. The Bertz CT molecular complexity index is 594. The fourth-order valence-corrected chi connectivity index (χ4v) is 3.17. The SMILES string of the molecule is CCCNC(=O)c1cccc(CNC(=NC)NCC2(CC)CCC2)c1.I. The van der Waals surface area contributed by atoms with Crippen LogP contribution in [0.1, 0.15) is 61.9 Å². The van der Waals surface area contributed by atoms with Gasteiger partial charge in [-0.25, -0.2) is 0 Å². The normalized spacial score (nSPS) is 15.4. The molecule has 1 aromatic carbocycles. The van der Waals surface area contributed by atoms with Crippen molar-refractivity contribution >= 4 is 35.8 Å². The molecule has 146 valence electrons. The molecule has 1 saturated carbocycles. The number of halogens is 1. The molecule has 0 unspecified atom stereocenters. The van der Waals surface area contributed by atoms with Crippen LogP contribution < -0.4 is 16.0 Å². The van der Waals surface area contributed by atoms with Gasteiger partial charge in [-0.15, -0.1) is 24.0 Å². The first-order valence-corrected chi connectivity index (χ1v) is 9.44. The first-order chi connectivity index (χ1) is 12.1. The van der Waals surface area contributed by atoms with Crippen molar-refractivity contribution in [2.24, 2.45) is 10.4 Å². The van der Waals surface area contributed by atoms with E-state index in [1.807, 2.05) is 31.2 Å². The molecule has 0 heterocycles. The molecule has 6 heteroatoms. The van der Waals surface area contributed by atoms with Crippen molar-refractivity contribution in [3.8, 4) is 0 Å². The Morgan fingerprint density at radius 2 is 1.96 bits per heavy atom. The molecule has 0 bridgehead atoms. The predicted molar refractivity (Wildman–Crippen MR) is 119 cm³/mol. The van der Waals surface area contributed by atoms with Crippen LogP contribution >= 0.6 is 24.0 Å². The van der Waals surface area contributed by atoms with E-state index in [1.54, 1.807) is 7.05 Å². The van der Waals surface area contributed by atoms with E-state index in [4.69, 9.17) is 0 Å². The van der Waals surface area contributed by atoms with E-state index in [9.17, 15) is 4.79 Å². The largest absolute Gasteiger partial charge is 0.356 e. The van der Waals surface area contributed by atoms with Gasteiger partial charge in [0.15, 0.2) is 5.96 Å². The highest BCUT2D eigenvalue weighted by molar-refractivity contribution is 14.0. The van der Waals surface area contributed by atoms with Crippen LogP contribution in [-0.2, 0) is 6.54 Å². The van der Waals surface area contributed by atoms with Crippen LogP contribution in [0.15, 0.2) is 29.3 Å². The van der Waals surface area contributed by atoms with Crippen LogP contribution in [0.5, 0.6) is 0 Å². The average molecular weight is 472 g/mol. The van der Waals surface area contributed by atoms with Gasteiger partial charge >= 0.3 is 0 Å². The zero-order valence-electron chi connectivity index (χ0n) is 16.2. The van der Waals surface area contributed by atoms with Gasteiger partial charge < -0.3 is 16.0 Å². The Labute approximate surface area is 174 Å². The molecule has 2 rings (SSSR count). The Hall–Kier alpha value is -1.31. The zero-order chi connectivity index (χ0) is 18.1. The van der Waals surface area contributed by atoms with Crippen LogP contribution in [0.25, 0.3) is 0 Å². The van der Waals surface area contributed by atoms with Gasteiger partial charge in [0.25, 0.3) is 5.91 Å². The number of amides is 1. The third kappa shape index (κ3) is 6.45. The third-order valence-electron chi connectivity index (χ3n) is 5.20. The molecule has 1 amide bonds. The summed E-state index contributed by atoms with van der Waals surface area (Å²) in [5.74, 6) is 0.807. The lowest BCUT2D eigenvalue weighted by Crippen LogP contribution is -2.46. The minimum atomic E-state index is -0.0129. The summed E-state index contributed by atoms with van der Waals surface area (Å²) in [4.78, 5) is 16.4. The number of hydrogen-bond acceptors (Lipinski definition) is 2. The van der Waals surface area contributed by atoms with Crippen molar-refractivity contribution < 1.29 is 4.79 Å². The topological polar surface area (TPSA) is 65.5 Å². The number of hydrogen-bond donors (Lipinski definition) is 3. The molecule has 1 aromatic rings. The summed E-state index contributed by atoms with van der Waals surface area (Å²) < 4.78 is 0. The van der Waals surface area contributed by atoms with Crippen molar-refractivity contribution in [1.82, 2.24) is 16.0 Å². The van der Waals surface area contributed by atoms with E-state index in [1.165, 1.54) is 25.7 Å². The van der Waals surface area contributed by atoms with Crippen molar-refractivity contribution in [3.05, 3.63) is 35.4 Å². The third-order valence-corrected chi connectivity index (χ3v) is 5.20. The molecule has 0 saturated heterocycles. The summed E-state index contributed by atoms with van der Waals surface area (Å²) in [6, 6.07) is 7.73. The van der Waals surface area contributed by atoms with E-state index in [-0.39, 0.29) is 29.9 Å². The smallest absolute Gasteiger partial charge is 0.251 e. The molecular formula is C20H33IN4O. The lowest BCUT2D eigenvalue weighted by molar-refractivity contribution is 0.0953. The quantitative estimate of drug-likeness (QED) is 0.307. The van der Waals surface area contributed by atoms with E-state index >= 15 is 0 Å². The molecular weight excluding hydrogens is 439 g/mol. The maximum Gasteiger partial charge on any atom is 0.251 e. The number of carbonyl (C=O) groups is 1. The van der Waals surface area contributed by atoms with Gasteiger partial charge in [0.1, 0.15) is 0 Å². The Kier molecular flexibility index (Phi) is 9.98. The summed E-state index contributed by atoms with van der Waals surface area (Å²) in [7, 11) is 1.79. The molecule has 0 spiro atoms. The molecule has 26 heavy (non-hydrogen) atoms. The van der Waals surface area contributed by atoms with E-state index in [0.29, 0.717) is 24.1 Å². The molecule has 0 atom stereocenters. The maximum atomic E-state index is 12.1. The lowest BCUT2D eigenvalue weighted by atomic mass is 9.67. The average Bonchev–Trinajstić information content (AvgIpc) is 2.61. The maximum absolute atomic E-state index is 12.1. The Balaban J connectivity index is 0.00000338. The van der Waals surface area contributed by atoms with Crippen LogP contribution in [0.2, 0.25) is 0 Å². The fourth-order valence-electron chi connectivity index (χ4n) is 3.17. The number of guanidine groups is 1. The molecule has 0 aliphatic heterocycles. The first kappa shape index (κ1) is 22.7. The number of benzene rings is 1. The van der Waals surface area contributed by atoms with Gasteiger partial charge in [-0.1, -0.05) is 32.4 Å². The number of nitrogens with zero attached hydrogens (tertiary/aromatic N) is 1. The number of rotatable bonds is 8. The summed E-state index contributed by atoms with van der Waals surface area (Å²) in [6.45, 7) is 6.64. The van der Waals surface area contributed by atoms with Gasteiger partial charge in [0.05, 0.1) is 0 Å². The first-order valence-electron chi connectivity index (χ1n) is 9.44. The monoisotopic (exact) mass is 472 g/mol. The number of carbonyl (C=O) groups excluding carboxylic acids is 1. The molecule has 5 nitrogen and oxygen atoms in total. The Morgan fingerprint density at radius 1 is 1.19 bits per heavy atom. The minimum Gasteiger partial charge on any atom is -0.356 e. The van der Waals surface area contributed by atoms with Gasteiger partial charge in [0.2, 0.25) is 0 Å². The second-order valence-electron chi connectivity index (χ2n) is 6.94. The molecule has 0 radical (unpaired) electrons. The molecule has 1 aliphatic carbocycles. The fraction of sp³-hybridized carbons (Fsp3) is 0.600. The van der Waals surface area contributed by atoms with Gasteiger partial charge in [0, 0.05) is 32.2 Å². The Morgan fingerprint density at radius 3 is 2.54 bits per heavy atom. The number of nitrogens with one attached hydrogen (secondary N) is 3. The lowest BCUT2D eigenvalue weighted by Gasteiger charge is -2.41. The van der Waals surface area contributed by atoms with E-state index < -0.39 is 0 Å². The predicted octanol–water partition coefficient (Wildman–Crippen LogP) is 3.69. The second kappa shape index (κ2) is 11.4. The molecule has 0 aromatic heterocycles. The van der Waals surface area contributed by atoms with Gasteiger partial charge in [-0.2, -0.15) is 0 Å². The summed E-state index contributed by atoms with van der Waals surface area (Å²) in [5, 5.41) is 9.72. The molecule has 3 N–H and O–H groups in total. The minimum absolute atomic E-state index is 0. The summed E-state index contributed by atoms with van der Waals surface area (Å²) in [6.07, 6.45) is 6.11. The van der Waals surface area contributed by atoms with E-state index in [0.717, 1.165) is 24.5 Å². The van der Waals surface area contributed by atoms with Crippen LogP contribution in [0.4, 0.5) is 0 Å². The van der Waals surface area contributed by atoms with Crippen molar-refractivity contribution in [1.29, 1.82) is 0 Å². The number of aliphatic imine (C=N–C) groups is 1. The van der Waals surface area contributed by atoms with Gasteiger partial charge in [-0.05, 0) is 48.8 Å². The highest BCUT2D eigenvalue weighted by Gasteiger charge is 2.34. The van der Waals surface area contributed by atoms with Crippen molar-refractivity contribution in [2.45, 2.75) is 52.5 Å². The molecule has 1 aliphatic rings. The van der Waals surface area contributed by atoms with Crippen LogP contribution in [0.3, 0.4) is 0 Å². The second-order valence-corrected chi connectivity index (χ2v) is 6.94. The standard InChI is InChI=1S/C20H32N4O.HI/c1-4-12-22-18(25)17-9-6-8-16(13-17)14-23-19(21-3)24-15-20(5-2)10-7-11-20;/h6,8-9,13H,4-5,7,10-12,14-15H2,1-3H3,(H,22,25)(H2,21,23,24);1H. The highest BCUT2D eigenvalue weighted by Crippen LogP contribution is 2.42. The summed E-state index contributed by atoms with van der Waals surface area (Å²) in [5.41, 5.74) is 2.23. The van der Waals surface area contributed by atoms with Crippen LogP contribution in [0, 0.1) is 5.41 Å². The zero-order valence-corrected chi connectivity index (χ0v) is 18.6. The van der Waals surface area contributed by atoms with Crippen LogP contribution in [-0.4, -0.2) is 32.0 Å². The van der Waals surface area contributed by atoms with Crippen molar-refractivity contribution in [2.75, 3.05) is 20.1 Å².